The number of hydrogen-bond acceptors (Lipinski definition) is 3. The SMILES string of the molecule is O=C(O)C1CCCC1C(=O)NC(CO)c1ccccc1. The molecule has 1 aromatic carbocycles. The lowest BCUT2D eigenvalue weighted by molar-refractivity contribution is -0.146. The molecule has 108 valence electrons. The zero-order valence-electron chi connectivity index (χ0n) is 11.2. The van der Waals surface area contributed by atoms with E-state index in [4.69, 9.17) is 5.11 Å². The molecule has 1 aliphatic carbocycles. The summed E-state index contributed by atoms with van der Waals surface area (Å²) < 4.78 is 0. The molecule has 0 aliphatic heterocycles. The van der Waals surface area contributed by atoms with Gasteiger partial charge in [-0.3, -0.25) is 9.59 Å². The molecule has 1 amide bonds. The topological polar surface area (TPSA) is 86.6 Å². The van der Waals surface area contributed by atoms with E-state index in [1.54, 1.807) is 0 Å². The number of benzene rings is 1. The number of carboxylic acids is 1. The van der Waals surface area contributed by atoms with Crippen LogP contribution in [-0.4, -0.2) is 28.7 Å². The Hall–Kier alpha value is -1.88. The van der Waals surface area contributed by atoms with Gasteiger partial charge in [0.25, 0.3) is 0 Å². The van der Waals surface area contributed by atoms with Gasteiger partial charge in [-0.2, -0.15) is 0 Å². The fourth-order valence-electron chi connectivity index (χ4n) is 2.77. The first kappa shape index (κ1) is 14.5. The van der Waals surface area contributed by atoms with Crippen LogP contribution in [0.4, 0.5) is 0 Å². The van der Waals surface area contributed by atoms with Crippen molar-refractivity contribution in [1.82, 2.24) is 5.32 Å². The van der Waals surface area contributed by atoms with Crippen LogP contribution < -0.4 is 5.32 Å². The van der Waals surface area contributed by atoms with Crippen LogP contribution in [0, 0.1) is 11.8 Å². The van der Waals surface area contributed by atoms with Crippen LogP contribution in [0.5, 0.6) is 0 Å². The number of hydrogen-bond donors (Lipinski definition) is 3. The Kier molecular flexibility index (Phi) is 4.74. The monoisotopic (exact) mass is 277 g/mol. The van der Waals surface area contributed by atoms with Crippen molar-refractivity contribution in [3.8, 4) is 0 Å². The van der Waals surface area contributed by atoms with Gasteiger partial charge in [0.15, 0.2) is 0 Å². The van der Waals surface area contributed by atoms with Crippen molar-refractivity contribution in [3.05, 3.63) is 35.9 Å². The number of nitrogens with one attached hydrogen (secondary N) is 1. The van der Waals surface area contributed by atoms with Crippen molar-refractivity contribution in [1.29, 1.82) is 0 Å². The van der Waals surface area contributed by atoms with Gasteiger partial charge in [-0.15, -0.1) is 0 Å². The highest BCUT2D eigenvalue weighted by atomic mass is 16.4. The van der Waals surface area contributed by atoms with Crippen LogP contribution >= 0.6 is 0 Å². The summed E-state index contributed by atoms with van der Waals surface area (Å²) in [5.41, 5.74) is 0.813. The van der Waals surface area contributed by atoms with Gasteiger partial charge in [-0.05, 0) is 18.4 Å². The second-order valence-electron chi connectivity index (χ2n) is 5.14. The van der Waals surface area contributed by atoms with Crippen LogP contribution in [0.25, 0.3) is 0 Å². The second kappa shape index (κ2) is 6.52. The highest BCUT2D eigenvalue weighted by molar-refractivity contribution is 5.85. The smallest absolute Gasteiger partial charge is 0.307 e. The van der Waals surface area contributed by atoms with Crippen molar-refractivity contribution in [2.45, 2.75) is 25.3 Å². The van der Waals surface area contributed by atoms with Crippen molar-refractivity contribution < 1.29 is 19.8 Å². The Bertz CT molecular complexity index is 474. The molecule has 5 heteroatoms. The van der Waals surface area contributed by atoms with Crippen LogP contribution in [0.2, 0.25) is 0 Å². The first-order chi connectivity index (χ1) is 9.63. The molecule has 0 aromatic heterocycles. The largest absolute Gasteiger partial charge is 0.481 e. The molecule has 1 fully saturated rings. The van der Waals surface area contributed by atoms with E-state index >= 15 is 0 Å². The molecule has 3 N–H and O–H groups in total. The number of amides is 1. The predicted octanol–water partition coefficient (Wildman–Crippen LogP) is 1.34. The van der Waals surface area contributed by atoms with Crippen LogP contribution in [0.3, 0.4) is 0 Å². The van der Waals surface area contributed by atoms with E-state index in [2.05, 4.69) is 5.32 Å². The number of carbonyl (C=O) groups excluding carboxylic acids is 1. The van der Waals surface area contributed by atoms with E-state index in [1.807, 2.05) is 30.3 Å². The third kappa shape index (κ3) is 3.17. The molecule has 5 nitrogen and oxygen atoms in total. The predicted molar refractivity (Wildman–Crippen MR) is 72.9 cm³/mol. The fourth-order valence-corrected chi connectivity index (χ4v) is 2.77. The van der Waals surface area contributed by atoms with E-state index in [0.29, 0.717) is 12.8 Å². The quantitative estimate of drug-likeness (QED) is 0.758. The zero-order valence-corrected chi connectivity index (χ0v) is 11.2. The molecule has 1 aliphatic rings. The summed E-state index contributed by atoms with van der Waals surface area (Å²) in [4.78, 5) is 23.3. The molecule has 1 aromatic rings. The summed E-state index contributed by atoms with van der Waals surface area (Å²) in [5, 5.41) is 21.3. The van der Waals surface area contributed by atoms with Crippen LogP contribution in [0.15, 0.2) is 30.3 Å². The van der Waals surface area contributed by atoms with Gasteiger partial charge >= 0.3 is 5.97 Å². The second-order valence-corrected chi connectivity index (χ2v) is 5.14. The molecule has 20 heavy (non-hydrogen) atoms. The molecule has 0 spiro atoms. The molecule has 1 saturated carbocycles. The molecule has 0 bridgehead atoms. The van der Waals surface area contributed by atoms with E-state index in [9.17, 15) is 14.7 Å². The Labute approximate surface area is 117 Å². The lowest BCUT2D eigenvalue weighted by Crippen LogP contribution is -2.38. The summed E-state index contributed by atoms with van der Waals surface area (Å²) in [6, 6.07) is 8.69. The molecule has 2 rings (SSSR count). The number of carbonyl (C=O) groups is 2. The normalized spacial score (nSPS) is 23.2. The average Bonchev–Trinajstić information content (AvgIpc) is 2.95. The highest BCUT2D eigenvalue weighted by Crippen LogP contribution is 2.32. The van der Waals surface area contributed by atoms with Crippen LogP contribution in [-0.2, 0) is 9.59 Å². The fraction of sp³-hybridized carbons (Fsp3) is 0.467. The molecule has 0 heterocycles. The van der Waals surface area contributed by atoms with Gasteiger partial charge < -0.3 is 15.5 Å². The van der Waals surface area contributed by atoms with Gasteiger partial charge in [0.2, 0.25) is 5.91 Å². The van der Waals surface area contributed by atoms with Crippen LogP contribution in [0.1, 0.15) is 30.9 Å². The van der Waals surface area contributed by atoms with Crippen molar-refractivity contribution >= 4 is 11.9 Å². The summed E-state index contributed by atoms with van der Waals surface area (Å²) in [6.07, 6.45) is 1.89. The number of carboxylic acid groups (broad SMARTS) is 1. The lowest BCUT2D eigenvalue weighted by Gasteiger charge is -2.21. The molecule has 3 atom stereocenters. The summed E-state index contributed by atoms with van der Waals surface area (Å²) >= 11 is 0. The van der Waals surface area contributed by atoms with Gasteiger partial charge in [-0.1, -0.05) is 36.8 Å². The Morgan fingerprint density at radius 2 is 1.85 bits per heavy atom. The number of aliphatic hydroxyl groups excluding tert-OH is 1. The minimum absolute atomic E-state index is 0.208. The standard InChI is InChI=1S/C15H19NO4/c17-9-13(10-5-2-1-3-6-10)16-14(18)11-7-4-8-12(11)15(19)20/h1-3,5-6,11-13,17H,4,7-9H2,(H,16,18)(H,19,20). The van der Waals surface area contributed by atoms with E-state index < -0.39 is 23.8 Å². The third-order valence-electron chi connectivity index (χ3n) is 3.87. The maximum Gasteiger partial charge on any atom is 0.307 e. The third-order valence-corrected chi connectivity index (χ3v) is 3.87. The molecular weight excluding hydrogens is 258 g/mol. The first-order valence-electron chi connectivity index (χ1n) is 6.82. The Morgan fingerprint density at radius 3 is 2.45 bits per heavy atom. The molecule has 0 saturated heterocycles. The average molecular weight is 277 g/mol. The summed E-state index contributed by atoms with van der Waals surface area (Å²) in [6.45, 7) is -0.208. The number of aliphatic hydroxyl groups is 1. The zero-order chi connectivity index (χ0) is 14.5. The highest BCUT2D eigenvalue weighted by Gasteiger charge is 2.38. The van der Waals surface area contributed by atoms with Gasteiger partial charge in [0.05, 0.1) is 24.5 Å². The Balaban J connectivity index is 2.04. The van der Waals surface area contributed by atoms with Crippen molar-refractivity contribution in [2.75, 3.05) is 6.61 Å². The van der Waals surface area contributed by atoms with E-state index in [1.165, 1.54) is 0 Å². The summed E-state index contributed by atoms with van der Waals surface area (Å²) in [5.74, 6) is -2.30. The maximum absolute atomic E-state index is 12.2. The Morgan fingerprint density at radius 1 is 1.20 bits per heavy atom. The molecular formula is C15H19NO4. The number of rotatable bonds is 5. The van der Waals surface area contributed by atoms with Gasteiger partial charge in [-0.25, -0.2) is 0 Å². The molecule has 3 unspecified atom stereocenters. The van der Waals surface area contributed by atoms with Crippen molar-refractivity contribution in [3.63, 3.8) is 0 Å². The maximum atomic E-state index is 12.2. The first-order valence-corrected chi connectivity index (χ1v) is 6.82. The van der Waals surface area contributed by atoms with Crippen molar-refractivity contribution in [2.24, 2.45) is 11.8 Å². The lowest BCUT2D eigenvalue weighted by atomic mass is 9.94. The minimum Gasteiger partial charge on any atom is -0.481 e. The molecule has 0 radical (unpaired) electrons. The van der Waals surface area contributed by atoms with Gasteiger partial charge in [0, 0.05) is 0 Å². The van der Waals surface area contributed by atoms with E-state index in [-0.39, 0.29) is 12.5 Å². The minimum atomic E-state index is -0.914. The van der Waals surface area contributed by atoms with E-state index in [0.717, 1.165) is 12.0 Å². The van der Waals surface area contributed by atoms with Gasteiger partial charge in [0.1, 0.15) is 0 Å². The summed E-state index contributed by atoms with van der Waals surface area (Å²) in [7, 11) is 0. The number of aliphatic carboxylic acids is 1.